The fraction of sp³-hybridized carbons (Fsp3) is 0.318. The quantitative estimate of drug-likeness (QED) is 0.541. The van der Waals surface area contributed by atoms with Gasteiger partial charge < -0.3 is 19.4 Å². The molecule has 3 aromatic rings. The lowest BCUT2D eigenvalue weighted by molar-refractivity contribution is -0.113. The standard InChI is InChI=1S/C22H26N4O3S/c1-14-10-11-15(2)17(12-14)23-20(27)13-30-22-25-24-21(26(22)4)16(3)29-19-9-7-6-8-18(19)28-5/h6-12,16H,13H2,1-5H3,(H,23,27). The van der Waals surface area contributed by atoms with E-state index in [-0.39, 0.29) is 17.8 Å². The number of carbonyl (C=O) groups excluding carboxylic acids is 1. The summed E-state index contributed by atoms with van der Waals surface area (Å²) in [5.41, 5.74) is 2.96. The van der Waals surface area contributed by atoms with Crippen LogP contribution in [0.5, 0.6) is 11.5 Å². The maximum atomic E-state index is 12.4. The molecule has 158 valence electrons. The number of anilines is 1. The molecule has 8 heteroatoms. The van der Waals surface area contributed by atoms with Gasteiger partial charge in [0.05, 0.1) is 12.9 Å². The third kappa shape index (κ3) is 5.13. The van der Waals surface area contributed by atoms with Gasteiger partial charge in [-0.05, 0) is 50.1 Å². The Morgan fingerprint density at radius 2 is 1.90 bits per heavy atom. The van der Waals surface area contributed by atoms with Gasteiger partial charge in [0.2, 0.25) is 5.91 Å². The number of aryl methyl sites for hydroxylation is 2. The van der Waals surface area contributed by atoms with Crippen molar-refractivity contribution in [3.63, 3.8) is 0 Å². The van der Waals surface area contributed by atoms with Gasteiger partial charge >= 0.3 is 0 Å². The maximum Gasteiger partial charge on any atom is 0.234 e. The van der Waals surface area contributed by atoms with E-state index in [9.17, 15) is 4.79 Å². The van der Waals surface area contributed by atoms with E-state index in [0.717, 1.165) is 16.8 Å². The Labute approximate surface area is 180 Å². The summed E-state index contributed by atoms with van der Waals surface area (Å²) in [7, 11) is 3.47. The average molecular weight is 427 g/mol. The van der Waals surface area contributed by atoms with Gasteiger partial charge in [-0.1, -0.05) is 36.0 Å². The lowest BCUT2D eigenvalue weighted by atomic mass is 10.1. The topological polar surface area (TPSA) is 78.3 Å². The van der Waals surface area contributed by atoms with Gasteiger partial charge in [-0.2, -0.15) is 0 Å². The van der Waals surface area contributed by atoms with Crippen LogP contribution in [0.2, 0.25) is 0 Å². The molecule has 7 nitrogen and oxygen atoms in total. The highest BCUT2D eigenvalue weighted by Gasteiger charge is 2.19. The number of nitrogens with zero attached hydrogens (tertiary/aromatic N) is 3. The smallest absolute Gasteiger partial charge is 0.234 e. The van der Waals surface area contributed by atoms with E-state index in [1.54, 1.807) is 7.11 Å². The van der Waals surface area contributed by atoms with Crippen molar-refractivity contribution in [2.75, 3.05) is 18.2 Å². The fourth-order valence-electron chi connectivity index (χ4n) is 2.95. The molecule has 1 heterocycles. The summed E-state index contributed by atoms with van der Waals surface area (Å²) in [4.78, 5) is 12.4. The number of rotatable bonds is 8. The van der Waals surface area contributed by atoms with Crippen LogP contribution in [0.25, 0.3) is 0 Å². The van der Waals surface area contributed by atoms with Gasteiger partial charge in [0.15, 0.2) is 28.6 Å². The summed E-state index contributed by atoms with van der Waals surface area (Å²) < 4.78 is 13.2. The van der Waals surface area contributed by atoms with Crippen molar-refractivity contribution in [3.05, 3.63) is 59.4 Å². The minimum absolute atomic E-state index is 0.0865. The zero-order valence-corrected chi connectivity index (χ0v) is 18.6. The molecule has 1 amide bonds. The Bertz CT molecular complexity index is 1030. The van der Waals surface area contributed by atoms with Crippen LogP contribution < -0.4 is 14.8 Å². The second-order valence-electron chi connectivity index (χ2n) is 6.97. The molecule has 1 atom stereocenters. The third-order valence-corrected chi connectivity index (χ3v) is 5.62. The number of amides is 1. The van der Waals surface area contributed by atoms with E-state index < -0.39 is 0 Å². The highest BCUT2D eigenvalue weighted by Crippen LogP contribution is 2.30. The van der Waals surface area contributed by atoms with E-state index in [2.05, 4.69) is 15.5 Å². The number of hydrogen-bond donors (Lipinski definition) is 1. The van der Waals surface area contributed by atoms with Crippen molar-refractivity contribution in [1.29, 1.82) is 0 Å². The Kier molecular flexibility index (Phi) is 6.99. The summed E-state index contributed by atoms with van der Waals surface area (Å²) in [5, 5.41) is 12.1. The molecule has 1 unspecified atom stereocenters. The molecule has 3 rings (SSSR count). The van der Waals surface area contributed by atoms with Crippen LogP contribution in [-0.2, 0) is 11.8 Å². The number of nitrogens with one attached hydrogen (secondary N) is 1. The highest BCUT2D eigenvalue weighted by atomic mass is 32.2. The normalized spacial score (nSPS) is 11.8. The number of para-hydroxylation sites is 2. The first-order valence-corrected chi connectivity index (χ1v) is 10.6. The molecule has 0 bridgehead atoms. The number of ether oxygens (including phenoxy) is 2. The number of carbonyl (C=O) groups is 1. The van der Waals surface area contributed by atoms with Crippen LogP contribution in [0.3, 0.4) is 0 Å². The molecular weight excluding hydrogens is 400 g/mol. The van der Waals surface area contributed by atoms with Crippen LogP contribution >= 0.6 is 11.8 Å². The van der Waals surface area contributed by atoms with Crippen LogP contribution in [0, 0.1) is 13.8 Å². The number of aromatic nitrogens is 3. The molecule has 0 aliphatic rings. The first kappa shape index (κ1) is 21.7. The number of thioether (sulfide) groups is 1. The van der Waals surface area contributed by atoms with Gasteiger partial charge in [0.25, 0.3) is 0 Å². The van der Waals surface area contributed by atoms with Crippen LogP contribution in [0.15, 0.2) is 47.6 Å². The lowest BCUT2D eigenvalue weighted by Crippen LogP contribution is -2.15. The fourth-order valence-corrected chi connectivity index (χ4v) is 3.67. The molecular formula is C22H26N4O3S. The van der Waals surface area contributed by atoms with Crippen molar-refractivity contribution in [3.8, 4) is 11.5 Å². The summed E-state index contributed by atoms with van der Waals surface area (Å²) in [5.74, 6) is 2.11. The highest BCUT2D eigenvalue weighted by molar-refractivity contribution is 7.99. The minimum Gasteiger partial charge on any atom is -0.493 e. The summed E-state index contributed by atoms with van der Waals surface area (Å²) >= 11 is 1.33. The van der Waals surface area contributed by atoms with E-state index in [4.69, 9.17) is 9.47 Å². The molecule has 1 N–H and O–H groups in total. The second kappa shape index (κ2) is 9.67. The number of methoxy groups -OCH3 is 1. The lowest BCUT2D eigenvalue weighted by Gasteiger charge is -2.16. The van der Waals surface area contributed by atoms with Gasteiger partial charge in [-0.15, -0.1) is 10.2 Å². The van der Waals surface area contributed by atoms with Gasteiger partial charge in [0, 0.05) is 12.7 Å². The Balaban J connectivity index is 1.62. The van der Waals surface area contributed by atoms with Crippen molar-refractivity contribution in [2.45, 2.75) is 32.0 Å². The number of hydrogen-bond acceptors (Lipinski definition) is 6. The first-order valence-electron chi connectivity index (χ1n) is 9.58. The molecule has 0 spiro atoms. The van der Waals surface area contributed by atoms with E-state index in [1.807, 2.05) is 74.9 Å². The molecule has 1 aromatic heterocycles. The number of benzene rings is 2. The molecule has 30 heavy (non-hydrogen) atoms. The summed E-state index contributed by atoms with van der Waals surface area (Å²) in [6.45, 7) is 5.87. The SMILES string of the molecule is COc1ccccc1OC(C)c1nnc(SCC(=O)Nc2cc(C)ccc2C)n1C. The molecule has 0 radical (unpaired) electrons. The predicted octanol–water partition coefficient (Wildman–Crippen LogP) is 4.31. The Morgan fingerprint density at radius 1 is 1.17 bits per heavy atom. The van der Waals surface area contributed by atoms with Crippen molar-refractivity contribution in [1.82, 2.24) is 14.8 Å². The average Bonchev–Trinajstić information content (AvgIpc) is 3.10. The van der Waals surface area contributed by atoms with Crippen molar-refractivity contribution >= 4 is 23.4 Å². The summed E-state index contributed by atoms with van der Waals surface area (Å²) in [6, 6.07) is 13.4. The van der Waals surface area contributed by atoms with Crippen LogP contribution in [-0.4, -0.2) is 33.5 Å². The van der Waals surface area contributed by atoms with Crippen LogP contribution in [0.1, 0.15) is 30.0 Å². The van der Waals surface area contributed by atoms with Gasteiger partial charge in [-0.25, -0.2) is 0 Å². The van der Waals surface area contributed by atoms with Crippen LogP contribution in [0.4, 0.5) is 5.69 Å². The van der Waals surface area contributed by atoms with E-state index in [0.29, 0.717) is 22.5 Å². The molecule has 0 saturated carbocycles. The Hall–Kier alpha value is -3.00. The van der Waals surface area contributed by atoms with Crippen molar-refractivity contribution in [2.24, 2.45) is 7.05 Å². The molecule has 0 saturated heterocycles. The summed E-state index contributed by atoms with van der Waals surface area (Å²) in [6.07, 6.45) is -0.336. The molecule has 0 fully saturated rings. The van der Waals surface area contributed by atoms with Gasteiger partial charge in [-0.3, -0.25) is 4.79 Å². The molecule has 2 aromatic carbocycles. The monoisotopic (exact) mass is 426 g/mol. The van der Waals surface area contributed by atoms with E-state index in [1.165, 1.54) is 11.8 Å². The second-order valence-corrected chi connectivity index (χ2v) is 7.91. The first-order chi connectivity index (χ1) is 14.4. The maximum absolute atomic E-state index is 12.4. The van der Waals surface area contributed by atoms with Gasteiger partial charge in [0.1, 0.15) is 0 Å². The zero-order chi connectivity index (χ0) is 21.7. The van der Waals surface area contributed by atoms with E-state index >= 15 is 0 Å². The van der Waals surface area contributed by atoms with Crippen molar-refractivity contribution < 1.29 is 14.3 Å². The zero-order valence-electron chi connectivity index (χ0n) is 17.8. The molecule has 0 aliphatic heterocycles. The largest absolute Gasteiger partial charge is 0.493 e. The predicted molar refractivity (Wildman–Crippen MR) is 118 cm³/mol. The Morgan fingerprint density at radius 3 is 2.63 bits per heavy atom. The molecule has 0 aliphatic carbocycles. The third-order valence-electron chi connectivity index (χ3n) is 4.60. The minimum atomic E-state index is -0.336.